The average Bonchev–Trinajstić information content (AvgIpc) is 3.11. The summed E-state index contributed by atoms with van der Waals surface area (Å²) in [5.41, 5.74) is 1.02. The van der Waals surface area contributed by atoms with Gasteiger partial charge in [0.2, 0.25) is 5.91 Å². The number of hydrogen-bond acceptors (Lipinski definition) is 5. The largest absolute Gasteiger partial charge is 0.353 e. The molecule has 4 heterocycles. The van der Waals surface area contributed by atoms with Gasteiger partial charge in [0.15, 0.2) is 5.82 Å². The summed E-state index contributed by atoms with van der Waals surface area (Å²) in [6.07, 6.45) is 2.03. The number of anilines is 1. The number of imidazole rings is 1. The van der Waals surface area contributed by atoms with Crippen LogP contribution < -0.4 is 4.90 Å². The third-order valence-corrected chi connectivity index (χ3v) is 4.70. The van der Waals surface area contributed by atoms with Crippen molar-refractivity contribution >= 4 is 17.4 Å². The Morgan fingerprint density at radius 3 is 2.59 bits per heavy atom. The van der Waals surface area contributed by atoms with Crippen molar-refractivity contribution in [3.8, 4) is 11.5 Å². The second-order valence-electron chi connectivity index (χ2n) is 6.37. The van der Waals surface area contributed by atoms with E-state index >= 15 is 0 Å². The van der Waals surface area contributed by atoms with Crippen molar-refractivity contribution in [2.24, 2.45) is 0 Å². The minimum absolute atomic E-state index is 0.0681. The first-order valence-electron chi connectivity index (χ1n) is 8.62. The number of carbonyl (C=O) groups is 1. The highest BCUT2D eigenvalue weighted by Crippen LogP contribution is 2.24. The van der Waals surface area contributed by atoms with Crippen LogP contribution in [0.25, 0.3) is 17.2 Å². The van der Waals surface area contributed by atoms with Crippen molar-refractivity contribution in [2.45, 2.75) is 13.3 Å². The van der Waals surface area contributed by atoms with E-state index in [0.717, 1.165) is 5.82 Å². The normalized spacial score (nSPS) is 15.0. The predicted octanol–water partition coefficient (Wildman–Crippen LogP) is 2.40. The molecule has 0 aliphatic carbocycles. The van der Waals surface area contributed by atoms with Crippen LogP contribution in [0.15, 0.2) is 36.8 Å². The van der Waals surface area contributed by atoms with Gasteiger partial charge in [-0.25, -0.2) is 23.7 Å². The second kappa shape index (κ2) is 6.90. The Morgan fingerprint density at radius 1 is 1.11 bits per heavy atom. The molecule has 1 fully saturated rings. The molecule has 3 aromatic heterocycles. The van der Waals surface area contributed by atoms with Gasteiger partial charge in [0.25, 0.3) is 6.43 Å². The van der Waals surface area contributed by atoms with Crippen molar-refractivity contribution in [3.05, 3.63) is 42.4 Å². The van der Waals surface area contributed by atoms with E-state index in [1.54, 1.807) is 40.8 Å². The molecule has 0 spiro atoms. The number of carbonyl (C=O) groups excluding carboxylic acids is 1. The SMILES string of the molecule is CC(=O)N1CCN(c2ccnc(-c3cnc4ccc(C(F)F)cn34)n2)CC1. The minimum Gasteiger partial charge on any atom is -0.353 e. The van der Waals surface area contributed by atoms with E-state index in [-0.39, 0.29) is 11.5 Å². The number of amides is 1. The number of pyridine rings is 1. The van der Waals surface area contributed by atoms with E-state index < -0.39 is 6.43 Å². The summed E-state index contributed by atoms with van der Waals surface area (Å²) in [4.78, 5) is 28.5. The lowest BCUT2D eigenvalue weighted by atomic mass is 10.3. The Hall–Kier alpha value is -3.10. The van der Waals surface area contributed by atoms with Gasteiger partial charge >= 0.3 is 0 Å². The summed E-state index contributed by atoms with van der Waals surface area (Å²) in [6.45, 7) is 4.21. The summed E-state index contributed by atoms with van der Waals surface area (Å²) in [5, 5.41) is 0. The van der Waals surface area contributed by atoms with Gasteiger partial charge in [0.1, 0.15) is 17.2 Å². The van der Waals surface area contributed by atoms with Crippen molar-refractivity contribution in [1.29, 1.82) is 0 Å². The Balaban J connectivity index is 1.64. The van der Waals surface area contributed by atoms with Gasteiger partial charge in [0, 0.05) is 51.1 Å². The molecule has 0 N–H and O–H groups in total. The van der Waals surface area contributed by atoms with E-state index in [4.69, 9.17) is 0 Å². The molecule has 1 saturated heterocycles. The molecule has 1 aliphatic rings. The molecule has 0 bridgehead atoms. The highest BCUT2D eigenvalue weighted by Gasteiger charge is 2.20. The van der Waals surface area contributed by atoms with Crippen LogP contribution in [0.4, 0.5) is 14.6 Å². The van der Waals surface area contributed by atoms with Gasteiger partial charge in [-0.05, 0) is 18.2 Å². The first kappa shape index (κ1) is 17.3. The standard InChI is InChI=1S/C18H18F2N6O/c1-12(27)24-6-8-25(9-7-24)16-4-5-21-18(23-16)14-10-22-15-3-2-13(17(19)20)11-26(14)15/h2-5,10-11,17H,6-9H2,1H3. The smallest absolute Gasteiger partial charge is 0.265 e. The summed E-state index contributed by atoms with van der Waals surface area (Å²) in [7, 11) is 0. The second-order valence-corrected chi connectivity index (χ2v) is 6.37. The molecule has 3 aromatic rings. The molecule has 1 aliphatic heterocycles. The zero-order chi connectivity index (χ0) is 19.0. The monoisotopic (exact) mass is 372 g/mol. The van der Waals surface area contributed by atoms with Gasteiger partial charge in [-0.15, -0.1) is 0 Å². The van der Waals surface area contributed by atoms with Crippen LogP contribution in [0.5, 0.6) is 0 Å². The fraction of sp³-hybridized carbons (Fsp3) is 0.333. The van der Waals surface area contributed by atoms with E-state index in [9.17, 15) is 13.6 Å². The maximum atomic E-state index is 13.0. The first-order valence-corrected chi connectivity index (χ1v) is 8.62. The fourth-order valence-electron chi connectivity index (χ4n) is 3.19. The maximum Gasteiger partial charge on any atom is 0.265 e. The Kier molecular flexibility index (Phi) is 4.43. The van der Waals surface area contributed by atoms with Crippen molar-refractivity contribution in [1.82, 2.24) is 24.3 Å². The molecule has 7 nitrogen and oxygen atoms in total. The van der Waals surface area contributed by atoms with Gasteiger partial charge < -0.3 is 9.80 Å². The first-order chi connectivity index (χ1) is 13.0. The molecular weight excluding hydrogens is 354 g/mol. The number of rotatable bonds is 3. The zero-order valence-electron chi connectivity index (χ0n) is 14.7. The fourth-order valence-corrected chi connectivity index (χ4v) is 3.19. The maximum absolute atomic E-state index is 13.0. The third kappa shape index (κ3) is 3.32. The molecule has 0 aromatic carbocycles. The number of hydrogen-bond donors (Lipinski definition) is 0. The van der Waals surface area contributed by atoms with Crippen molar-refractivity contribution in [2.75, 3.05) is 31.1 Å². The summed E-state index contributed by atoms with van der Waals surface area (Å²) >= 11 is 0. The lowest BCUT2D eigenvalue weighted by molar-refractivity contribution is -0.129. The highest BCUT2D eigenvalue weighted by atomic mass is 19.3. The van der Waals surface area contributed by atoms with Crippen molar-refractivity contribution < 1.29 is 13.6 Å². The third-order valence-electron chi connectivity index (χ3n) is 4.70. The Morgan fingerprint density at radius 2 is 1.89 bits per heavy atom. The van der Waals surface area contributed by atoms with E-state index in [1.807, 2.05) is 0 Å². The summed E-state index contributed by atoms with van der Waals surface area (Å²) < 4.78 is 27.6. The number of nitrogens with zero attached hydrogens (tertiary/aromatic N) is 6. The van der Waals surface area contributed by atoms with Gasteiger partial charge in [-0.2, -0.15) is 0 Å². The highest BCUT2D eigenvalue weighted by molar-refractivity contribution is 5.73. The van der Waals surface area contributed by atoms with E-state index in [0.29, 0.717) is 43.3 Å². The number of piperazine rings is 1. The summed E-state index contributed by atoms with van der Waals surface area (Å²) in [6, 6.07) is 4.72. The molecule has 9 heteroatoms. The lowest BCUT2D eigenvalue weighted by Gasteiger charge is -2.34. The van der Waals surface area contributed by atoms with Crippen LogP contribution in [0.3, 0.4) is 0 Å². The molecule has 0 saturated carbocycles. The zero-order valence-corrected chi connectivity index (χ0v) is 14.7. The van der Waals surface area contributed by atoms with E-state index in [1.165, 1.54) is 12.3 Å². The number of halogens is 2. The molecule has 0 radical (unpaired) electrons. The quantitative estimate of drug-likeness (QED) is 0.706. The Labute approximate surface area is 154 Å². The van der Waals surface area contributed by atoms with Gasteiger partial charge in [0.05, 0.1) is 6.20 Å². The summed E-state index contributed by atoms with van der Waals surface area (Å²) in [5.74, 6) is 1.22. The minimum atomic E-state index is -2.56. The van der Waals surface area contributed by atoms with E-state index in [2.05, 4.69) is 19.9 Å². The molecule has 27 heavy (non-hydrogen) atoms. The van der Waals surface area contributed by atoms with Crippen LogP contribution in [0.2, 0.25) is 0 Å². The molecule has 140 valence electrons. The van der Waals surface area contributed by atoms with Crippen LogP contribution in [0.1, 0.15) is 18.9 Å². The molecule has 4 rings (SSSR count). The topological polar surface area (TPSA) is 66.6 Å². The van der Waals surface area contributed by atoms with Crippen LogP contribution in [0, 0.1) is 0 Å². The van der Waals surface area contributed by atoms with Gasteiger partial charge in [-0.1, -0.05) is 0 Å². The molecule has 0 unspecified atom stereocenters. The van der Waals surface area contributed by atoms with Crippen LogP contribution in [-0.2, 0) is 4.79 Å². The van der Waals surface area contributed by atoms with Gasteiger partial charge in [-0.3, -0.25) is 9.20 Å². The molecule has 1 amide bonds. The number of alkyl halides is 2. The Bertz CT molecular complexity index is 981. The van der Waals surface area contributed by atoms with Crippen LogP contribution >= 0.6 is 0 Å². The number of aromatic nitrogens is 4. The van der Waals surface area contributed by atoms with Crippen LogP contribution in [-0.4, -0.2) is 56.3 Å². The predicted molar refractivity (Wildman–Crippen MR) is 95.6 cm³/mol. The molecule has 0 atom stereocenters. The van der Waals surface area contributed by atoms with Crippen molar-refractivity contribution in [3.63, 3.8) is 0 Å². The average molecular weight is 372 g/mol. The number of fused-ring (bicyclic) bond motifs is 1. The molecular formula is C18H18F2N6O. The lowest BCUT2D eigenvalue weighted by Crippen LogP contribution is -2.48.